The number of nitrogens with two attached hydrogens (primary N) is 3. The number of carbonyl (C=O) groups excluding carboxylic acids is 1. The van der Waals surface area contributed by atoms with Gasteiger partial charge in [0.2, 0.25) is 5.91 Å². The van der Waals surface area contributed by atoms with Gasteiger partial charge < -0.3 is 32.2 Å². The molecule has 6 radical (unpaired) electrons. The Balaban J connectivity index is 0.000000251. The molecule has 0 bridgehead atoms. The maximum Gasteiger partial charge on any atom is 0.250 e. The predicted molar refractivity (Wildman–Crippen MR) is 155 cm³/mol. The molecule has 1 amide bonds. The summed E-state index contributed by atoms with van der Waals surface area (Å²) in [5.41, 5.74) is 17.6. The van der Waals surface area contributed by atoms with Crippen LogP contribution in [0.1, 0.15) is 61.9 Å². The lowest BCUT2D eigenvalue weighted by atomic mass is 9.49. The predicted octanol–water partition coefficient (Wildman–Crippen LogP) is 1.76. The second-order valence-electron chi connectivity index (χ2n) is 9.95. The first kappa shape index (κ1) is 30.9. The summed E-state index contributed by atoms with van der Waals surface area (Å²) in [6, 6.07) is 6.62. The molecule has 3 fully saturated rings. The van der Waals surface area contributed by atoms with Crippen LogP contribution >= 0.6 is 0 Å². The fourth-order valence-corrected chi connectivity index (χ4v) is 5.25. The van der Waals surface area contributed by atoms with Gasteiger partial charge in [0.25, 0.3) is 0 Å². The van der Waals surface area contributed by atoms with E-state index >= 15 is 0 Å². The summed E-state index contributed by atoms with van der Waals surface area (Å²) in [4.78, 5) is 14.8. The van der Waals surface area contributed by atoms with Crippen molar-refractivity contribution in [2.24, 2.45) is 35.0 Å². The number of carbonyl (C=O) groups is 1. The van der Waals surface area contributed by atoms with E-state index < -0.39 is 11.1 Å². The fourth-order valence-electron chi connectivity index (χ4n) is 5.25. The molecule has 2 atom stereocenters. The lowest BCUT2D eigenvalue weighted by Gasteiger charge is -2.27. The van der Waals surface area contributed by atoms with Crippen molar-refractivity contribution in [2.75, 3.05) is 32.8 Å². The van der Waals surface area contributed by atoms with Crippen LogP contribution in [0, 0.1) is 17.8 Å². The minimum Gasteiger partial charge on any atom is -0.398 e. The van der Waals surface area contributed by atoms with Crippen molar-refractivity contribution in [2.45, 2.75) is 51.2 Å². The third-order valence-electron chi connectivity index (χ3n) is 6.93. The summed E-state index contributed by atoms with van der Waals surface area (Å²) in [6.45, 7) is 10.2. The molecule has 1 aromatic carbocycles. The number of hydrogen-bond donors (Lipinski definition) is 4. The quantitative estimate of drug-likeness (QED) is 0.349. The lowest BCUT2D eigenvalue weighted by molar-refractivity contribution is 0.0546. The average molecular weight is 501 g/mol. The van der Waals surface area contributed by atoms with Crippen molar-refractivity contribution in [1.29, 1.82) is 0 Å². The summed E-state index contributed by atoms with van der Waals surface area (Å²) >= 11 is 0. The van der Waals surface area contributed by atoms with Gasteiger partial charge in [-0.15, -0.1) is 0 Å². The molecule has 4 rings (SSSR count). The van der Waals surface area contributed by atoms with Crippen molar-refractivity contribution in [3.05, 3.63) is 53.4 Å². The fraction of sp³-hybridized carbons (Fsp3) is 0.593. The van der Waals surface area contributed by atoms with Gasteiger partial charge in [0.1, 0.15) is 0 Å². The van der Waals surface area contributed by atoms with Crippen LogP contribution in [0.4, 0.5) is 0 Å². The van der Waals surface area contributed by atoms with E-state index in [1.165, 1.54) is 63.9 Å². The Morgan fingerprint density at radius 2 is 1.57 bits per heavy atom. The van der Waals surface area contributed by atoms with Crippen LogP contribution in [-0.2, 0) is 4.74 Å². The van der Waals surface area contributed by atoms with E-state index in [1.54, 1.807) is 24.3 Å². The minimum atomic E-state index is -1.82. The number of hydrogen-bond acceptors (Lipinski definition) is 6. The molecule has 3 aliphatic rings. The first-order valence-corrected chi connectivity index (χ1v) is 13.4. The molecule has 10 heteroatoms. The SMILES string of the molecule is C1CC2CN(CC3CCOCC3)CC2C1.CC.[B]C([B])([B])NC(=O)c1ccccc1/C(N)=C/C=C(N)N. The van der Waals surface area contributed by atoms with E-state index in [4.69, 9.17) is 45.5 Å². The average Bonchev–Trinajstić information content (AvgIpc) is 3.46. The highest BCUT2D eigenvalue weighted by Gasteiger charge is 2.36. The van der Waals surface area contributed by atoms with Crippen LogP contribution in [0.3, 0.4) is 0 Å². The van der Waals surface area contributed by atoms with Crippen LogP contribution in [0.2, 0.25) is 0 Å². The van der Waals surface area contributed by atoms with Crippen LogP contribution in [0.5, 0.6) is 0 Å². The van der Waals surface area contributed by atoms with Crippen LogP contribution in [0.15, 0.2) is 42.2 Å². The smallest absolute Gasteiger partial charge is 0.250 e. The van der Waals surface area contributed by atoms with Crippen molar-refractivity contribution < 1.29 is 9.53 Å². The number of ether oxygens (including phenoxy) is 1. The zero-order valence-corrected chi connectivity index (χ0v) is 22.5. The van der Waals surface area contributed by atoms with Gasteiger partial charge in [0.15, 0.2) is 0 Å². The van der Waals surface area contributed by atoms with Gasteiger partial charge in [-0.2, -0.15) is 0 Å². The van der Waals surface area contributed by atoms with Crippen LogP contribution in [-0.4, -0.2) is 72.4 Å². The highest BCUT2D eigenvalue weighted by atomic mass is 16.5. The zero-order valence-electron chi connectivity index (χ0n) is 22.5. The number of likely N-dealkylation sites (tertiary alicyclic amines) is 1. The molecule has 2 unspecified atom stereocenters. The van der Waals surface area contributed by atoms with E-state index in [1.807, 2.05) is 13.8 Å². The van der Waals surface area contributed by atoms with Crippen LogP contribution in [0.25, 0.3) is 5.70 Å². The molecule has 2 aliphatic heterocycles. The number of amides is 1. The van der Waals surface area contributed by atoms with Gasteiger partial charge >= 0.3 is 0 Å². The molecular formula is C27H42B3N5O2. The lowest BCUT2D eigenvalue weighted by Crippen LogP contribution is -2.50. The van der Waals surface area contributed by atoms with E-state index in [9.17, 15) is 4.79 Å². The summed E-state index contributed by atoms with van der Waals surface area (Å²) in [5, 5.41) is 0.427. The second kappa shape index (κ2) is 15.2. The molecule has 1 aromatic rings. The topological polar surface area (TPSA) is 120 Å². The molecule has 2 heterocycles. The second-order valence-corrected chi connectivity index (χ2v) is 9.95. The van der Waals surface area contributed by atoms with E-state index in [2.05, 4.69) is 10.2 Å². The van der Waals surface area contributed by atoms with E-state index in [0.29, 0.717) is 11.3 Å². The monoisotopic (exact) mass is 501 g/mol. The number of benzene rings is 1. The Bertz CT molecular complexity index is 898. The standard InChI is InChI=1S/C13H23NO.C12H13B3N4O.C2H6/c1-2-12-9-14(10-13(12)3-1)8-11-4-6-15-7-5-11;13-12(14,15)19-11(20)8-4-2-1-3-7(8)9(16)5-6-10(17)18;1-2/h11-13H,1-10H2;1-6H,16-18H2,(H,19,20);1-2H3/b;9-5-;. The first-order chi connectivity index (χ1) is 17.6. The number of allylic oxidation sites excluding steroid dienone is 2. The van der Waals surface area contributed by atoms with Crippen LogP contribution < -0.4 is 22.5 Å². The number of rotatable bonds is 6. The summed E-state index contributed by atoms with van der Waals surface area (Å²) < 4.78 is 5.42. The number of nitrogens with one attached hydrogen (secondary N) is 1. The molecule has 37 heavy (non-hydrogen) atoms. The molecule has 0 spiro atoms. The van der Waals surface area contributed by atoms with E-state index in [-0.39, 0.29) is 11.4 Å². The minimum absolute atomic E-state index is 0.0970. The molecular weight excluding hydrogens is 459 g/mol. The van der Waals surface area contributed by atoms with Crippen molar-refractivity contribution in [3.63, 3.8) is 0 Å². The Hall–Kier alpha value is -2.32. The van der Waals surface area contributed by atoms with E-state index in [0.717, 1.165) is 31.0 Å². The van der Waals surface area contributed by atoms with Crippen molar-refractivity contribution in [1.82, 2.24) is 10.2 Å². The molecule has 7 N–H and O–H groups in total. The molecule has 1 saturated carbocycles. The third-order valence-corrected chi connectivity index (χ3v) is 6.93. The molecule has 7 nitrogen and oxygen atoms in total. The third kappa shape index (κ3) is 10.5. The Morgan fingerprint density at radius 1 is 1.00 bits per heavy atom. The van der Waals surface area contributed by atoms with Crippen molar-refractivity contribution >= 4 is 35.1 Å². The van der Waals surface area contributed by atoms with Gasteiger partial charge in [0.05, 0.1) is 29.4 Å². The van der Waals surface area contributed by atoms with Gasteiger partial charge in [0, 0.05) is 49.7 Å². The van der Waals surface area contributed by atoms with Gasteiger partial charge in [-0.05, 0) is 61.7 Å². The summed E-state index contributed by atoms with van der Waals surface area (Å²) in [5.74, 6) is 2.60. The Labute approximate surface area is 227 Å². The maximum absolute atomic E-state index is 12.0. The van der Waals surface area contributed by atoms with Gasteiger partial charge in [-0.1, -0.05) is 43.7 Å². The van der Waals surface area contributed by atoms with Crippen molar-refractivity contribution in [3.8, 4) is 0 Å². The highest BCUT2D eigenvalue weighted by Crippen LogP contribution is 2.38. The summed E-state index contributed by atoms with van der Waals surface area (Å²) in [7, 11) is 16.0. The Morgan fingerprint density at radius 3 is 2.11 bits per heavy atom. The first-order valence-electron chi connectivity index (χ1n) is 13.4. The highest BCUT2D eigenvalue weighted by molar-refractivity contribution is 6.60. The number of fused-ring (bicyclic) bond motifs is 1. The largest absolute Gasteiger partial charge is 0.398 e. The molecule has 1 aliphatic carbocycles. The summed E-state index contributed by atoms with van der Waals surface area (Å²) in [6.07, 6.45) is 10.0. The molecule has 0 aromatic heterocycles. The normalized spacial score (nSPS) is 22.1. The maximum atomic E-state index is 12.0. The zero-order chi connectivity index (χ0) is 27.4. The van der Waals surface area contributed by atoms with Gasteiger partial charge in [-0.3, -0.25) is 4.79 Å². The Kier molecular flexibility index (Phi) is 12.7. The number of nitrogens with zero attached hydrogens (tertiary/aromatic N) is 1. The molecule has 196 valence electrons. The van der Waals surface area contributed by atoms with Gasteiger partial charge in [-0.25, -0.2) is 0 Å². The molecule has 2 saturated heterocycles.